The van der Waals surface area contributed by atoms with Crippen LogP contribution in [0.4, 0.5) is 0 Å². The molecule has 0 bridgehead atoms. The molecular formula is C55H42N2S. The Labute approximate surface area is 343 Å². The summed E-state index contributed by atoms with van der Waals surface area (Å²) in [6.45, 7) is 4.81. The molecule has 58 heavy (non-hydrogen) atoms. The molecule has 278 valence electrons. The molecule has 0 aliphatic heterocycles. The lowest BCUT2D eigenvalue weighted by Crippen LogP contribution is -2.28. The lowest BCUT2D eigenvalue weighted by Gasteiger charge is -2.36. The maximum absolute atomic E-state index is 5.24. The normalized spacial score (nSPS) is 15.7. The van der Waals surface area contributed by atoms with E-state index in [0.717, 1.165) is 32.9 Å². The number of hydrogen-bond donors (Lipinski definition) is 0. The van der Waals surface area contributed by atoms with Gasteiger partial charge >= 0.3 is 0 Å². The number of fused-ring (bicyclic) bond motifs is 11. The van der Waals surface area contributed by atoms with Crippen LogP contribution in [0.1, 0.15) is 68.2 Å². The van der Waals surface area contributed by atoms with E-state index in [9.17, 15) is 0 Å². The van der Waals surface area contributed by atoms with Crippen molar-refractivity contribution in [1.82, 2.24) is 9.97 Å². The van der Waals surface area contributed by atoms with Gasteiger partial charge in [0.2, 0.25) is 0 Å². The first kappa shape index (κ1) is 33.9. The van der Waals surface area contributed by atoms with Gasteiger partial charge in [-0.1, -0.05) is 161 Å². The van der Waals surface area contributed by atoms with Gasteiger partial charge in [-0.3, -0.25) is 0 Å². The third-order valence-corrected chi connectivity index (χ3v) is 14.9. The van der Waals surface area contributed by atoms with Crippen molar-refractivity contribution < 1.29 is 0 Å². The summed E-state index contributed by atoms with van der Waals surface area (Å²) in [5, 5.41) is 1.18. The summed E-state index contributed by atoms with van der Waals surface area (Å²) in [4.78, 5) is 10.4. The van der Waals surface area contributed by atoms with E-state index < -0.39 is 0 Å². The minimum atomic E-state index is -0.0181. The van der Waals surface area contributed by atoms with Gasteiger partial charge in [0.1, 0.15) is 0 Å². The highest BCUT2D eigenvalue weighted by Gasteiger charge is 2.46. The number of nitrogens with zero attached hydrogens (tertiary/aromatic N) is 2. The Morgan fingerprint density at radius 1 is 0.448 bits per heavy atom. The molecule has 7 aromatic carbocycles. The molecule has 0 radical (unpaired) electrons. The molecule has 0 unspecified atom stereocenters. The van der Waals surface area contributed by atoms with Crippen LogP contribution >= 0.6 is 11.3 Å². The van der Waals surface area contributed by atoms with Crippen molar-refractivity contribution in [3.05, 3.63) is 180 Å². The highest BCUT2D eigenvalue weighted by molar-refractivity contribution is 7.26. The van der Waals surface area contributed by atoms with E-state index in [1.807, 2.05) is 6.07 Å². The SMILES string of the molecule is CC1(C)c2ccccc2-c2cc3c(cc21)-c1cc(-c2ccc(-c4cccc(-c5nc(-c6ccccc6)nc6c5sc5ccccc56)c4)cc2)ccc1C31CCCCC1. The molecule has 0 N–H and O–H groups in total. The minimum Gasteiger partial charge on any atom is -0.226 e. The van der Waals surface area contributed by atoms with Crippen LogP contribution in [0, 0.1) is 0 Å². The summed E-state index contributed by atoms with van der Waals surface area (Å²) >= 11 is 1.78. The number of hydrogen-bond acceptors (Lipinski definition) is 3. The zero-order valence-electron chi connectivity index (χ0n) is 32.8. The minimum absolute atomic E-state index is 0.0181. The number of rotatable bonds is 4. The summed E-state index contributed by atoms with van der Waals surface area (Å²) < 4.78 is 2.35. The Kier molecular flexibility index (Phi) is 7.41. The molecule has 2 heterocycles. The Hall–Kier alpha value is -6.16. The monoisotopic (exact) mass is 762 g/mol. The molecule has 1 saturated carbocycles. The van der Waals surface area contributed by atoms with E-state index in [2.05, 4.69) is 166 Å². The second kappa shape index (κ2) is 12.7. The molecule has 2 aromatic heterocycles. The van der Waals surface area contributed by atoms with E-state index in [0.29, 0.717) is 0 Å². The average Bonchev–Trinajstić information content (AvgIpc) is 3.86. The van der Waals surface area contributed by atoms with Crippen LogP contribution in [0.15, 0.2) is 158 Å². The van der Waals surface area contributed by atoms with Gasteiger partial charge in [-0.25, -0.2) is 9.97 Å². The number of benzene rings is 7. The van der Waals surface area contributed by atoms with Crippen molar-refractivity contribution >= 4 is 31.6 Å². The molecular weight excluding hydrogens is 721 g/mol. The van der Waals surface area contributed by atoms with Crippen molar-refractivity contribution in [2.24, 2.45) is 0 Å². The van der Waals surface area contributed by atoms with Crippen LogP contribution in [0.5, 0.6) is 0 Å². The van der Waals surface area contributed by atoms with Gasteiger partial charge in [-0.2, -0.15) is 0 Å². The first-order valence-electron chi connectivity index (χ1n) is 20.9. The standard InChI is InChI=1S/C55H42N2S/c1-54(2)45-20-9-7-18-40(45)43-33-48-44(32-47(43)54)42-31-38(26-27-46(42)55(48)28-11-4-12-29-55)35-24-22-34(23-25-35)37-16-13-17-39(30-37)50-52-51(41-19-8-10-21-49(41)58-52)57-53(56-50)36-14-5-3-6-15-36/h3,5-10,13-27,30-33H,4,11-12,28-29H2,1-2H3. The van der Waals surface area contributed by atoms with Gasteiger partial charge in [0.25, 0.3) is 0 Å². The molecule has 3 aliphatic rings. The predicted octanol–water partition coefficient (Wildman–Crippen LogP) is 15.0. The van der Waals surface area contributed by atoms with Gasteiger partial charge in [0.15, 0.2) is 5.82 Å². The zero-order chi connectivity index (χ0) is 38.6. The zero-order valence-corrected chi connectivity index (χ0v) is 33.7. The lowest BCUT2D eigenvalue weighted by atomic mass is 9.67. The van der Waals surface area contributed by atoms with Crippen LogP contribution < -0.4 is 0 Å². The highest BCUT2D eigenvalue weighted by Crippen LogP contribution is 2.60. The van der Waals surface area contributed by atoms with Crippen LogP contribution in [0.3, 0.4) is 0 Å². The fraction of sp³-hybridized carbons (Fsp3) is 0.164. The van der Waals surface area contributed by atoms with Crippen molar-refractivity contribution in [3.63, 3.8) is 0 Å². The fourth-order valence-corrected chi connectivity index (χ4v) is 11.9. The van der Waals surface area contributed by atoms with E-state index in [1.54, 1.807) is 22.5 Å². The summed E-state index contributed by atoms with van der Waals surface area (Å²) in [5.41, 5.74) is 20.9. The molecule has 3 heteroatoms. The summed E-state index contributed by atoms with van der Waals surface area (Å²) in [7, 11) is 0. The maximum Gasteiger partial charge on any atom is 0.160 e. The Morgan fingerprint density at radius 2 is 1.09 bits per heavy atom. The van der Waals surface area contributed by atoms with Crippen molar-refractivity contribution in [3.8, 4) is 67.2 Å². The van der Waals surface area contributed by atoms with Crippen LogP contribution in [-0.4, -0.2) is 9.97 Å². The molecule has 3 aliphatic carbocycles. The molecule has 0 saturated heterocycles. The van der Waals surface area contributed by atoms with Gasteiger partial charge in [-0.15, -0.1) is 11.3 Å². The molecule has 0 atom stereocenters. The molecule has 9 aromatic rings. The largest absolute Gasteiger partial charge is 0.226 e. The van der Waals surface area contributed by atoms with Crippen molar-refractivity contribution in [2.75, 3.05) is 0 Å². The van der Waals surface area contributed by atoms with Gasteiger partial charge < -0.3 is 0 Å². The first-order valence-corrected chi connectivity index (χ1v) is 21.7. The Balaban J connectivity index is 0.928. The van der Waals surface area contributed by atoms with Crippen LogP contribution in [0.25, 0.3) is 87.5 Å². The quantitative estimate of drug-likeness (QED) is 0.178. The summed E-state index contributed by atoms with van der Waals surface area (Å²) in [5.74, 6) is 0.756. The Morgan fingerprint density at radius 3 is 1.91 bits per heavy atom. The number of thiophene rings is 1. The van der Waals surface area contributed by atoms with Gasteiger partial charge in [0, 0.05) is 32.0 Å². The summed E-state index contributed by atoms with van der Waals surface area (Å²) in [6, 6.07) is 58.6. The number of aromatic nitrogens is 2. The Bertz CT molecular complexity index is 3110. The third kappa shape index (κ3) is 4.96. The first-order chi connectivity index (χ1) is 28.5. The van der Waals surface area contributed by atoms with Crippen molar-refractivity contribution in [2.45, 2.75) is 56.8 Å². The fourth-order valence-electron chi connectivity index (χ4n) is 10.8. The van der Waals surface area contributed by atoms with E-state index in [4.69, 9.17) is 9.97 Å². The second-order valence-electron chi connectivity index (χ2n) is 17.2. The molecule has 0 amide bonds. The van der Waals surface area contributed by atoms with Crippen LogP contribution in [0.2, 0.25) is 0 Å². The van der Waals surface area contributed by atoms with Gasteiger partial charge in [0.05, 0.1) is 15.9 Å². The van der Waals surface area contributed by atoms with E-state index >= 15 is 0 Å². The maximum atomic E-state index is 5.24. The summed E-state index contributed by atoms with van der Waals surface area (Å²) in [6.07, 6.45) is 6.40. The topological polar surface area (TPSA) is 25.8 Å². The smallest absolute Gasteiger partial charge is 0.160 e. The predicted molar refractivity (Wildman–Crippen MR) is 244 cm³/mol. The van der Waals surface area contributed by atoms with E-state index in [1.165, 1.54) is 97.8 Å². The molecule has 2 nitrogen and oxygen atoms in total. The third-order valence-electron chi connectivity index (χ3n) is 13.7. The van der Waals surface area contributed by atoms with E-state index in [-0.39, 0.29) is 10.8 Å². The highest BCUT2D eigenvalue weighted by atomic mass is 32.1. The molecule has 1 spiro atoms. The average molecular weight is 763 g/mol. The second-order valence-corrected chi connectivity index (χ2v) is 18.3. The molecule has 1 fully saturated rings. The van der Waals surface area contributed by atoms with Crippen LogP contribution in [-0.2, 0) is 10.8 Å². The van der Waals surface area contributed by atoms with Crippen molar-refractivity contribution in [1.29, 1.82) is 0 Å². The molecule has 12 rings (SSSR count). The lowest BCUT2D eigenvalue weighted by molar-refractivity contribution is 0.353. The van der Waals surface area contributed by atoms with Gasteiger partial charge in [-0.05, 0) is 110 Å².